The second-order valence-electron chi connectivity index (χ2n) is 11.0. The molecule has 0 aromatic rings. The van der Waals surface area contributed by atoms with Crippen LogP contribution >= 0.6 is 0 Å². The van der Waals surface area contributed by atoms with Crippen molar-refractivity contribution in [1.29, 1.82) is 0 Å². The molecule has 4 saturated heterocycles. The van der Waals surface area contributed by atoms with Crippen molar-refractivity contribution < 1.29 is 69.3 Å². The number of rotatable bonds is 8. The van der Waals surface area contributed by atoms with E-state index < -0.39 is 123 Å². The second kappa shape index (κ2) is 13.3. The van der Waals surface area contributed by atoms with Gasteiger partial charge in [0.2, 0.25) is 0 Å². The van der Waals surface area contributed by atoms with Crippen LogP contribution in [0.25, 0.3) is 0 Å². The summed E-state index contributed by atoms with van der Waals surface area (Å²) >= 11 is 0. The molecule has 0 aromatic heterocycles. The molecule has 4 aliphatic heterocycles. The maximum absolute atomic E-state index is 11.9. The largest absolute Gasteiger partial charge is 0.394 e. The van der Waals surface area contributed by atoms with Gasteiger partial charge in [0.1, 0.15) is 79.6 Å². The lowest BCUT2D eigenvalue weighted by atomic mass is 9.76. The van der Waals surface area contributed by atoms with Crippen molar-refractivity contribution in [2.24, 2.45) is 34.4 Å². The summed E-state index contributed by atoms with van der Waals surface area (Å²) in [4.78, 5) is 0. The van der Waals surface area contributed by atoms with Crippen LogP contribution in [0.4, 0.5) is 0 Å². The van der Waals surface area contributed by atoms with Crippen molar-refractivity contribution in [1.82, 2.24) is 0 Å². The third kappa shape index (κ3) is 5.81. The number of ether oxygens (including phenoxy) is 6. The number of aliphatic hydroxyl groups excluding tert-OH is 7. The maximum Gasteiger partial charge on any atom is 0.187 e. The third-order valence-corrected chi connectivity index (χ3v) is 8.37. The summed E-state index contributed by atoms with van der Waals surface area (Å²) in [5.74, 6) is 0. The summed E-state index contributed by atoms with van der Waals surface area (Å²) in [6.45, 7) is -1.23. The zero-order chi connectivity index (χ0) is 31.3. The Kier molecular flexibility index (Phi) is 10.8. The summed E-state index contributed by atoms with van der Waals surface area (Å²) in [6.07, 6.45) is -24.7. The monoisotopic (exact) mass is 616 g/mol. The molecule has 0 radical (unpaired) electrons. The quantitative estimate of drug-likeness (QED) is 0.120. The van der Waals surface area contributed by atoms with E-state index in [1.54, 1.807) is 0 Å². The number of nitrogens with two attached hydrogens (primary N) is 6. The Balaban J connectivity index is 1.58. The Morgan fingerprint density at radius 1 is 0.619 bits per heavy atom. The molecule has 0 amide bonds. The van der Waals surface area contributed by atoms with Crippen LogP contribution in [0.1, 0.15) is 0 Å². The van der Waals surface area contributed by atoms with Gasteiger partial charge >= 0.3 is 0 Å². The van der Waals surface area contributed by atoms with Gasteiger partial charge in [0, 0.05) is 13.1 Å². The molecule has 42 heavy (non-hydrogen) atoms. The maximum atomic E-state index is 11.9. The third-order valence-electron chi connectivity index (χ3n) is 8.37. The molecule has 0 saturated carbocycles. The average molecular weight is 617 g/mol. The lowest BCUT2D eigenvalue weighted by molar-refractivity contribution is -0.352. The molecule has 20 N–H and O–H groups in total. The first-order valence-corrected chi connectivity index (χ1v) is 13.5. The van der Waals surface area contributed by atoms with Crippen LogP contribution in [-0.4, -0.2) is 177 Å². The van der Waals surface area contributed by atoms with Gasteiger partial charge in [-0.1, -0.05) is 0 Å². The van der Waals surface area contributed by atoms with Crippen LogP contribution in [0, 0.1) is 0 Å². The average Bonchev–Trinajstić information content (AvgIpc) is 3.26. The van der Waals surface area contributed by atoms with E-state index >= 15 is 0 Å². The molecule has 4 heterocycles. The molecule has 4 rings (SSSR count). The lowest BCUT2D eigenvalue weighted by Gasteiger charge is -2.55. The van der Waals surface area contributed by atoms with Crippen molar-refractivity contribution in [3.63, 3.8) is 0 Å². The van der Waals surface area contributed by atoms with E-state index in [2.05, 4.69) is 0 Å². The zero-order valence-corrected chi connectivity index (χ0v) is 22.5. The van der Waals surface area contributed by atoms with Gasteiger partial charge in [0.25, 0.3) is 0 Å². The van der Waals surface area contributed by atoms with Crippen LogP contribution in [-0.2, 0) is 28.4 Å². The van der Waals surface area contributed by atoms with Crippen LogP contribution in [0.5, 0.6) is 0 Å². The highest BCUT2D eigenvalue weighted by Crippen LogP contribution is 2.40. The first-order valence-electron chi connectivity index (χ1n) is 13.5. The minimum Gasteiger partial charge on any atom is -0.394 e. The van der Waals surface area contributed by atoms with E-state index in [-0.39, 0.29) is 13.1 Å². The van der Waals surface area contributed by atoms with E-state index in [0.29, 0.717) is 0 Å². The van der Waals surface area contributed by atoms with Gasteiger partial charge < -0.3 is 104 Å². The summed E-state index contributed by atoms with van der Waals surface area (Å²) in [5, 5.41) is 85.1. The topological polar surface area (TPSA) is 373 Å². The summed E-state index contributed by atoms with van der Waals surface area (Å²) in [7, 11) is 0. The van der Waals surface area contributed by atoms with Crippen molar-refractivity contribution in [3.8, 4) is 0 Å². The van der Waals surface area contributed by atoms with Crippen LogP contribution in [0.2, 0.25) is 0 Å². The second-order valence-corrected chi connectivity index (χ2v) is 11.0. The molecule has 0 bridgehead atoms. The van der Waals surface area contributed by atoms with E-state index in [0.717, 1.165) is 0 Å². The SMILES string of the molecule is NCC1O[C@H](OC2C(O)[C@H](OC3C(O)[C@H](N)OC(N)[C@]3(O)[C@H]3OC(CN)[C@@H](O)C(O)C3N)O[C@@H]2CO)C(N)C(O)[C@@H]1O. The van der Waals surface area contributed by atoms with Gasteiger partial charge in [0.15, 0.2) is 18.2 Å². The Labute approximate surface area is 239 Å². The summed E-state index contributed by atoms with van der Waals surface area (Å²) in [5.41, 5.74) is 32.6. The first kappa shape index (κ1) is 34.1. The molecule has 0 aliphatic carbocycles. The minimum atomic E-state index is -2.59. The van der Waals surface area contributed by atoms with Gasteiger partial charge in [-0.05, 0) is 0 Å². The molecule has 4 aliphatic rings. The molecule has 4 fully saturated rings. The predicted molar refractivity (Wildman–Crippen MR) is 135 cm³/mol. The highest BCUT2D eigenvalue weighted by Gasteiger charge is 2.64. The van der Waals surface area contributed by atoms with Crippen LogP contribution < -0.4 is 34.4 Å². The number of aliphatic hydroxyl groups is 8. The van der Waals surface area contributed by atoms with Gasteiger partial charge in [-0.3, -0.25) is 0 Å². The normalized spacial score (nSPS) is 55.6. The predicted octanol–water partition coefficient (Wildman–Crippen LogP) is -9.97. The molecule has 20 heteroatoms. The highest BCUT2D eigenvalue weighted by molar-refractivity contribution is 5.13. The summed E-state index contributed by atoms with van der Waals surface area (Å²) in [6, 6.07) is -2.80. The fraction of sp³-hybridized carbons (Fsp3) is 1.00. The standard InChI is InChI=1S/C22H44N6O14/c23-1-4-9(30)11(32)7(25)16(37-4)22(36)17(14(35)18(27)42-21(22)28)41-20-13(34)15(6(3-29)39-20)40-19-8(26)12(33)10(31)5(2-24)38-19/h4-21,29-36H,1-3,23-28H2/t4?,5?,6-,7?,8?,9-,10-,11?,12?,13?,14?,15?,16+,17?,18-,19-,20+,21?,22+/m1/s1. The first-order chi connectivity index (χ1) is 19.7. The Bertz CT molecular complexity index is 899. The Morgan fingerprint density at radius 3 is 1.74 bits per heavy atom. The van der Waals surface area contributed by atoms with E-state index in [9.17, 15) is 40.9 Å². The molecule has 20 nitrogen and oxygen atoms in total. The van der Waals surface area contributed by atoms with E-state index in [4.69, 9.17) is 62.8 Å². The Hall–Kier alpha value is -0.800. The number of hydrogen-bond acceptors (Lipinski definition) is 20. The molecule has 246 valence electrons. The van der Waals surface area contributed by atoms with Crippen molar-refractivity contribution in [2.75, 3.05) is 19.7 Å². The van der Waals surface area contributed by atoms with Crippen molar-refractivity contribution in [2.45, 2.75) is 116 Å². The zero-order valence-electron chi connectivity index (χ0n) is 22.5. The fourth-order valence-electron chi connectivity index (χ4n) is 5.78. The minimum absolute atomic E-state index is 0.202. The molecule has 19 atom stereocenters. The van der Waals surface area contributed by atoms with Crippen LogP contribution in [0.3, 0.4) is 0 Å². The fourth-order valence-corrected chi connectivity index (χ4v) is 5.78. The molecule has 0 spiro atoms. The lowest BCUT2D eigenvalue weighted by Crippen LogP contribution is -2.80. The summed E-state index contributed by atoms with van der Waals surface area (Å²) < 4.78 is 33.7. The van der Waals surface area contributed by atoms with Gasteiger partial charge in [-0.2, -0.15) is 0 Å². The highest BCUT2D eigenvalue weighted by atomic mass is 16.8. The van der Waals surface area contributed by atoms with E-state index in [1.165, 1.54) is 0 Å². The Morgan fingerprint density at radius 2 is 1.17 bits per heavy atom. The van der Waals surface area contributed by atoms with Crippen LogP contribution in [0.15, 0.2) is 0 Å². The van der Waals surface area contributed by atoms with E-state index in [1.807, 2.05) is 0 Å². The van der Waals surface area contributed by atoms with Gasteiger partial charge in [0.05, 0.1) is 24.8 Å². The molecule has 11 unspecified atom stereocenters. The van der Waals surface area contributed by atoms with Crippen molar-refractivity contribution in [3.05, 3.63) is 0 Å². The molecule has 0 aromatic carbocycles. The smallest absolute Gasteiger partial charge is 0.187 e. The molecular formula is C22H44N6O14. The van der Waals surface area contributed by atoms with Crippen molar-refractivity contribution >= 4 is 0 Å². The van der Waals surface area contributed by atoms with Gasteiger partial charge in [-0.15, -0.1) is 0 Å². The van der Waals surface area contributed by atoms with Gasteiger partial charge in [-0.25, -0.2) is 0 Å². The number of hydrogen-bond donors (Lipinski definition) is 14. The molecular weight excluding hydrogens is 572 g/mol.